The number of methoxy groups -OCH3 is 1. The molecule has 1 fully saturated rings. The molecule has 108 valence electrons. The molecule has 0 aromatic heterocycles. The van der Waals surface area contributed by atoms with Crippen LogP contribution in [0.5, 0.6) is 0 Å². The zero-order valence-electron chi connectivity index (χ0n) is 11.1. The molecule has 0 aromatic rings. The molecule has 19 heavy (non-hydrogen) atoms. The van der Waals surface area contributed by atoms with Gasteiger partial charge in [0, 0.05) is 13.0 Å². The lowest BCUT2D eigenvalue weighted by atomic mass is 10.1. The Balaban J connectivity index is 2.28. The molecule has 0 bridgehead atoms. The van der Waals surface area contributed by atoms with Gasteiger partial charge in [0.1, 0.15) is 6.04 Å². The highest BCUT2D eigenvalue weighted by Gasteiger charge is 2.32. The molecule has 0 aromatic carbocycles. The highest BCUT2D eigenvalue weighted by atomic mass is 16.5. The van der Waals surface area contributed by atoms with Crippen LogP contribution >= 0.6 is 0 Å². The molecule has 1 aliphatic rings. The predicted octanol–water partition coefficient (Wildman–Crippen LogP) is 0.348. The largest absolute Gasteiger partial charge is 0.480 e. The van der Waals surface area contributed by atoms with E-state index in [4.69, 9.17) is 5.11 Å². The van der Waals surface area contributed by atoms with Crippen molar-refractivity contribution < 1.29 is 24.2 Å². The summed E-state index contributed by atoms with van der Waals surface area (Å²) in [5.74, 6) is -0.557. The van der Waals surface area contributed by atoms with E-state index in [0.29, 0.717) is 18.4 Å². The second-order valence-corrected chi connectivity index (χ2v) is 4.83. The number of nitrogens with one attached hydrogen (secondary N) is 2. The monoisotopic (exact) mass is 272 g/mol. The third kappa shape index (κ3) is 5.58. The number of aliphatic carboxylic acids is 1. The Bertz CT molecular complexity index is 358. The molecule has 3 atom stereocenters. The molecule has 0 spiro atoms. The molecule has 7 nitrogen and oxygen atoms in total. The van der Waals surface area contributed by atoms with Crippen molar-refractivity contribution in [3.05, 3.63) is 0 Å². The Morgan fingerprint density at radius 3 is 2.53 bits per heavy atom. The van der Waals surface area contributed by atoms with Crippen LogP contribution < -0.4 is 10.6 Å². The van der Waals surface area contributed by atoms with Crippen LogP contribution in [0.2, 0.25) is 0 Å². The maximum Gasteiger partial charge on any atom is 0.326 e. The fourth-order valence-corrected chi connectivity index (χ4v) is 1.74. The zero-order chi connectivity index (χ0) is 14.4. The van der Waals surface area contributed by atoms with Crippen molar-refractivity contribution in [1.29, 1.82) is 0 Å². The number of hydrogen-bond acceptors (Lipinski definition) is 4. The van der Waals surface area contributed by atoms with Gasteiger partial charge in [-0.25, -0.2) is 9.59 Å². The molecule has 0 saturated heterocycles. The first-order valence-electron chi connectivity index (χ1n) is 6.28. The number of urea groups is 1. The lowest BCUT2D eigenvalue weighted by Crippen LogP contribution is -2.46. The lowest BCUT2D eigenvalue weighted by molar-refractivity contribution is -0.142. The van der Waals surface area contributed by atoms with Gasteiger partial charge in [0.2, 0.25) is 0 Å². The van der Waals surface area contributed by atoms with Gasteiger partial charge < -0.3 is 20.5 Å². The molecule has 2 unspecified atom stereocenters. The van der Waals surface area contributed by atoms with E-state index in [-0.39, 0.29) is 12.8 Å². The van der Waals surface area contributed by atoms with E-state index >= 15 is 0 Å². The summed E-state index contributed by atoms with van der Waals surface area (Å²) in [6.07, 6.45) is 1.05. The first-order chi connectivity index (χ1) is 8.93. The van der Waals surface area contributed by atoms with Crippen LogP contribution in [-0.2, 0) is 14.3 Å². The first kappa shape index (κ1) is 15.3. The van der Waals surface area contributed by atoms with E-state index in [2.05, 4.69) is 22.3 Å². The van der Waals surface area contributed by atoms with Gasteiger partial charge in [-0.1, -0.05) is 6.92 Å². The van der Waals surface area contributed by atoms with Crippen molar-refractivity contribution in [1.82, 2.24) is 10.6 Å². The number of ether oxygens (including phenoxy) is 1. The number of amides is 2. The molecule has 0 radical (unpaired) electrons. The Labute approximate surface area is 111 Å². The summed E-state index contributed by atoms with van der Waals surface area (Å²) in [6.45, 7) is 2.65. The topological polar surface area (TPSA) is 105 Å². The molecular weight excluding hydrogens is 252 g/mol. The van der Waals surface area contributed by atoms with Crippen molar-refractivity contribution in [2.24, 2.45) is 11.8 Å². The van der Waals surface area contributed by atoms with Crippen molar-refractivity contribution in [3.8, 4) is 0 Å². The molecule has 7 heteroatoms. The smallest absolute Gasteiger partial charge is 0.326 e. The molecular formula is C12H20N2O5. The summed E-state index contributed by atoms with van der Waals surface area (Å²) in [7, 11) is 1.23. The van der Waals surface area contributed by atoms with E-state index in [0.717, 1.165) is 6.42 Å². The minimum Gasteiger partial charge on any atom is -0.480 e. The van der Waals surface area contributed by atoms with Gasteiger partial charge in [-0.15, -0.1) is 0 Å². The van der Waals surface area contributed by atoms with Crippen molar-refractivity contribution in [3.63, 3.8) is 0 Å². The van der Waals surface area contributed by atoms with Crippen molar-refractivity contribution >= 4 is 18.0 Å². The van der Waals surface area contributed by atoms with Gasteiger partial charge in [0.25, 0.3) is 0 Å². The Hall–Kier alpha value is -1.79. The molecule has 0 heterocycles. The Kier molecular flexibility index (Phi) is 5.59. The third-order valence-electron chi connectivity index (χ3n) is 3.27. The quantitative estimate of drug-likeness (QED) is 0.580. The van der Waals surface area contributed by atoms with Crippen LogP contribution in [-0.4, -0.2) is 42.8 Å². The van der Waals surface area contributed by atoms with Gasteiger partial charge in [-0.2, -0.15) is 0 Å². The average Bonchev–Trinajstić information content (AvgIpc) is 3.07. The maximum atomic E-state index is 11.5. The molecule has 1 saturated carbocycles. The van der Waals surface area contributed by atoms with Gasteiger partial charge >= 0.3 is 18.0 Å². The van der Waals surface area contributed by atoms with Crippen LogP contribution in [0.25, 0.3) is 0 Å². The molecule has 3 N–H and O–H groups in total. The third-order valence-corrected chi connectivity index (χ3v) is 3.27. The van der Waals surface area contributed by atoms with Gasteiger partial charge in [0.05, 0.1) is 7.11 Å². The fraction of sp³-hybridized carbons (Fsp3) is 0.750. The first-order valence-corrected chi connectivity index (χ1v) is 6.28. The number of carbonyl (C=O) groups excluding carboxylic acids is 2. The molecule has 0 aliphatic heterocycles. The van der Waals surface area contributed by atoms with E-state index in [9.17, 15) is 14.4 Å². The highest BCUT2D eigenvalue weighted by Crippen LogP contribution is 2.36. The highest BCUT2D eigenvalue weighted by molar-refractivity contribution is 5.83. The van der Waals surface area contributed by atoms with Crippen molar-refractivity contribution in [2.75, 3.05) is 13.7 Å². The molecule has 1 aliphatic carbocycles. The normalized spacial score (nSPS) is 22.2. The van der Waals surface area contributed by atoms with Gasteiger partial charge in [0.15, 0.2) is 0 Å². The van der Waals surface area contributed by atoms with Crippen LogP contribution in [0.3, 0.4) is 0 Å². The van der Waals surface area contributed by atoms with Crippen LogP contribution in [0.1, 0.15) is 26.2 Å². The zero-order valence-corrected chi connectivity index (χ0v) is 11.1. The second-order valence-electron chi connectivity index (χ2n) is 4.83. The standard InChI is InChI=1S/C12H20N2O5/c1-7-5-8(7)6-13-12(18)14-9(11(16)17)3-4-10(15)19-2/h7-9H,3-6H2,1-2H3,(H,16,17)(H2,13,14,18)/t7?,8?,9-/m0/s1. The lowest BCUT2D eigenvalue weighted by Gasteiger charge is -2.14. The summed E-state index contributed by atoms with van der Waals surface area (Å²) in [5, 5.41) is 13.9. The van der Waals surface area contributed by atoms with E-state index in [1.54, 1.807) is 0 Å². The van der Waals surface area contributed by atoms with Gasteiger partial charge in [-0.3, -0.25) is 4.79 Å². The molecule has 1 rings (SSSR count). The Morgan fingerprint density at radius 2 is 2.05 bits per heavy atom. The maximum absolute atomic E-state index is 11.5. The number of carboxylic acid groups (broad SMARTS) is 1. The van der Waals surface area contributed by atoms with Crippen LogP contribution in [0, 0.1) is 11.8 Å². The predicted molar refractivity (Wildman–Crippen MR) is 66.5 cm³/mol. The fourth-order valence-electron chi connectivity index (χ4n) is 1.74. The van der Waals surface area contributed by atoms with E-state index in [1.165, 1.54) is 7.11 Å². The second kappa shape index (κ2) is 6.96. The van der Waals surface area contributed by atoms with Crippen LogP contribution in [0.15, 0.2) is 0 Å². The number of hydrogen-bond donors (Lipinski definition) is 3. The summed E-state index contributed by atoms with van der Waals surface area (Å²) in [4.78, 5) is 33.4. The Morgan fingerprint density at radius 1 is 1.42 bits per heavy atom. The number of esters is 1. The SMILES string of the molecule is COC(=O)CC[C@H](NC(=O)NCC1CC1C)C(=O)O. The van der Waals surface area contributed by atoms with Crippen molar-refractivity contribution in [2.45, 2.75) is 32.2 Å². The van der Waals surface area contributed by atoms with E-state index < -0.39 is 24.0 Å². The molecule has 2 amide bonds. The summed E-state index contributed by atoms with van der Waals surface area (Å²) in [5.41, 5.74) is 0. The number of carboxylic acids is 1. The minimum absolute atomic E-state index is 0.00918. The summed E-state index contributed by atoms with van der Waals surface area (Å²) < 4.78 is 4.42. The minimum atomic E-state index is -1.17. The average molecular weight is 272 g/mol. The van der Waals surface area contributed by atoms with Crippen LogP contribution in [0.4, 0.5) is 4.79 Å². The van der Waals surface area contributed by atoms with Gasteiger partial charge in [-0.05, 0) is 24.7 Å². The summed E-state index contributed by atoms with van der Waals surface area (Å²) >= 11 is 0. The number of rotatable bonds is 7. The number of carbonyl (C=O) groups is 3. The summed E-state index contributed by atoms with van der Waals surface area (Å²) in [6, 6.07) is -1.60. The van der Waals surface area contributed by atoms with E-state index in [1.807, 2.05) is 0 Å².